The molecule has 0 saturated carbocycles. The first-order valence-corrected chi connectivity index (χ1v) is 8.23. The third-order valence-corrected chi connectivity index (χ3v) is 3.34. The van der Waals surface area contributed by atoms with Crippen molar-refractivity contribution < 1.29 is 4.43 Å². The Bertz CT molecular complexity index is 254. The van der Waals surface area contributed by atoms with Crippen molar-refractivity contribution in [2.24, 2.45) is 0 Å². The molecule has 4 heteroatoms. The second-order valence-corrected chi connectivity index (χ2v) is 9.21. The molecule has 0 spiro atoms. The van der Waals surface area contributed by atoms with Crippen LogP contribution in [-0.4, -0.2) is 8.32 Å². The minimum Gasteiger partial charge on any atom is -0.412 e. The molecule has 2 N–H and O–H groups in total. The van der Waals surface area contributed by atoms with Gasteiger partial charge in [-0.1, -0.05) is 0 Å². The summed E-state index contributed by atoms with van der Waals surface area (Å²) in [7, 11) is -1.39. The molecule has 0 bridgehead atoms. The first-order valence-electron chi connectivity index (χ1n) is 3.95. The summed E-state index contributed by atoms with van der Waals surface area (Å²) >= 11 is 1.66. The van der Waals surface area contributed by atoms with Crippen LogP contribution in [0, 0.1) is 0 Å². The molecule has 1 rings (SSSR count). The van der Waals surface area contributed by atoms with Gasteiger partial charge in [0.15, 0.2) is 8.32 Å². The standard InChI is InChI=1S/C8H15NOSSi/c1-12(2,3)10-6-8-7(9)4-5-11-8/h4-5H,6,9H2,1-3H3. The van der Waals surface area contributed by atoms with Gasteiger partial charge in [-0.2, -0.15) is 0 Å². The fraction of sp³-hybridized carbons (Fsp3) is 0.500. The highest BCUT2D eigenvalue weighted by molar-refractivity contribution is 7.10. The van der Waals surface area contributed by atoms with E-state index in [1.165, 1.54) is 0 Å². The molecule has 68 valence electrons. The number of rotatable bonds is 3. The Labute approximate surface area is 78.5 Å². The van der Waals surface area contributed by atoms with Gasteiger partial charge in [-0.3, -0.25) is 0 Å². The van der Waals surface area contributed by atoms with Gasteiger partial charge in [0, 0.05) is 5.69 Å². The summed E-state index contributed by atoms with van der Waals surface area (Å²) in [6.45, 7) is 7.21. The molecule has 2 nitrogen and oxygen atoms in total. The van der Waals surface area contributed by atoms with Crippen LogP contribution in [0.25, 0.3) is 0 Å². The Morgan fingerprint density at radius 3 is 2.58 bits per heavy atom. The van der Waals surface area contributed by atoms with Gasteiger partial charge < -0.3 is 10.2 Å². The van der Waals surface area contributed by atoms with Crippen LogP contribution in [-0.2, 0) is 11.0 Å². The quantitative estimate of drug-likeness (QED) is 0.763. The lowest BCUT2D eigenvalue weighted by Crippen LogP contribution is -2.24. The molecule has 1 heterocycles. The van der Waals surface area contributed by atoms with E-state index in [0.29, 0.717) is 6.61 Å². The predicted octanol–water partition coefficient (Wildman–Crippen LogP) is 2.68. The lowest BCUT2D eigenvalue weighted by Gasteiger charge is -2.16. The molecular weight excluding hydrogens is 186 g/mol. The summed E-state index contributed by atoms with van der Waals surface area (Å²) in [6.07, 6.45) is 0. The molecular formula is C8H15NOSSi. The molecule has 0 aliphatic rings. The molecule has 1 aromatic rings. The van der Waals surface area contributed by atoms with Gasteiger partial charge >= 0.3 is 0 Å². The van der Waals surface area contributed by atoms with Gasteiger partial charge in [-0.05, 0) is 31.1 Å². The van der Waals surface area contributed by atoms with E-state index in [4.69, 9.17) is 10.2 Å². The highest BCUT2D eigenvalue weighted by atomic mass is 32.1. The van der Waals surface area contributed by atoms with Crippen molar-refractivity contribution in [3.8, 4) is 0 Å². The van der Waals surface area contributed by atoms with Crippen LogP contribution in [0.2, 0.25) is 19.6 Å². The van der Waals surface area contributed by atoms with E-state index < -0.39 is 8.32 Å². The van der Waals surface area contributed by atoms with E-state index in [9.17, 15) is 0 Å². The van der Waals surface area contributed by atoms with Crippen molar-refractivity contribution in [3.05, 3.63) is 16.3 Å². The average molecular weight is 201 g/mol. The second-order valence-electron chi connectivity index (χ2n) is 3.70. The third-order valence-electron chi connectivity index (χ3n) is 1.42. The largest absolute Gasteiger partial charge is 0.412 e. The van der Waals surface area contributed by atoms with E-state index in [2.05, 4.69) is 19.6 Å². The Balaban J connectivity index is 2.49. The summed E-state index contributed by atoms with van der Waals surface area (Å²) in [5.74, 6) is 0. The molecule has 0 amide bonds. The number of thiophene rings is 1. The normalized spacial score (nSPS) is 11.9. The summed E-state index contributed by atoms with van der Waals surface area (Å²) in [5, 5.41) is 2.00. The minimum absolute atomic E-state index is 0.680. The molecule has 0 aliphatic carbocycles. The zero-order chi connectivity index (χ0) is 9.19. The third kappa shape index (κ3) is 2.96. The number of hydrogen-bond acceptors (Lipinski definition) is 3. The van der Waals surface area contributed by atoms with Crippen LogP contribution >= 0.6 is 11.3 Å². The lowest BCUT2D eigenvalue weighted by molar-refractivity contribution is 0.304. The summed E-state index contributed by atoms with van der Waals surface area (Å²) in [4.78, 5) is 1.15. The van der Waals surface area contributed by atoms with E-state index in [-0.39, 0.29) is 0 Å². The van der Waals surface area contributed by atoms with Crippen molar-refractivity contribution in [2.75, 3.05) is 5.73 Å². The second kappa shape index (κ2) is 3.59. The summed E-state index contributed by atoms with van der Waals surface area (Å²) < 4.78 is 5.72. The maximum Gasteiger partial charge on any atom is 0.184 e. The smallest absolute Gasteiger partial charge is 0.184 e. The molecule has 0 radical (unpaired) electrons. The van der Waals surface area contributed by atoms with Crippen LogP contribution in [0.5, 0.6) is 0 Å². The zero-order valence-corrected chi connectivity index (χ0v) is 9.57. The first kappa shape index (κ1) is 9.76. The van der Waals surface area contributed by atoms with Crippen LogP contribution in [0.3, 0.4) is 0 Å². The van der Waals surface area contributed by atoms with Gasteiger partial charge in [0.2, 0.25) is 0 Å². The number of anilines is 1. The number of nitrogen functional groups attached to an aromatic ring is 1. The number of nitrogens with two attached hydrogens (primary N) is 1. The summed E-state index contributed by atoms with van der Waals surface area (Å²) in [5.41, 5.74) is 6.58. The maximum absolute atomic E-state index is 5.72. The fourth-order valence-corrected chi connectivity index (χ4v) is 2.14. The highest BCUT2D eigenvalue weighted by Gasteiger charge is 2.14. The Kier molecular flexibility index (Phi) is 2.92. The molecule has 0 fully saturated rings. The predicted molar refractivity (Wildman–Crippen MR) is 56.9 cm³/mol. The Hall–Kier alpha value is -0.323. The molecule has 0 atom stereocenters. The van der Waals surface area contributed by atoms with Crippen molar-refractivity contribution in [2.45, 2.75) is 26.2 Å². The van der Waals surface area contributed by atoms with Gasteiger partial charge in [-0.15, -0.1) is 11.3 Å². The van der Waals surface area contributed by atoms with E-state index >= 15 is 0 Å². The number of hydrogen-bond donors (Lipinski definition) is 1. The molecule has 12 heavy (non-hydrogen) atoms. The lowest BCUT2D eigenvalue weighted by atomic mass is 10.4. The van der Waals surface area contributed by atoms with Crippen molar-refractivity contribution in [1.29, 1.82) is 0 Å². The van der Waals surface area contributed by atoms with Crippen LogP contribution in [0.15, 0.2) is 11.4 Å². The van der Waals surface area contributed by atoms with E-state index in [0.717, 1.165) is 10.6 Å². The molecule has 0 aliphatic heterocycles. The highest BCUT2D eigenvalue weighted by Crippen LogP contribution is 2.21. The van der Waals surface area contributed by atoms with Crippen molar-refractivity contribution >= 4 is 25.3 Å². The Morgan fingerprint density at radius 1 is 1.50 bits per heavy atom. The average Bonchev–Trinajstić information content (AvgIpc) is 2.29. The van der Waals surface area contributed by atoms with Crippen LogP contribution in [0.4, 0.5) is 5.69 Å². The van der Waals surface area contributed by atoms with Gasteiger partial charge in [0.1, 0.15) is 0 Å². The maximum atomic E-state index is 5.72. The van der Waals surface area contributed by atoms with Crippen LogP contribution < -0.4 is 5.73 Å². The summed E-state index contributed by atoms with van der Waals surface area (Å²) in [6, 6.07) is 1.92. The SMILES string of the molecule is C[Si](C)(C)OCc1sccc1N. The zero-order valence-electron chi connectivity index (χ0n) is 7.76. The molecule has 0 aromatic carbocycles. The Morgan fingerprint density at radius 2 is 2.17 bits per heavy atom. The fourth-order valence-electron chi connectivity index (χ4n) is 0.750. The van der Waals surface area contributed by atoms with Gasteiger partial charge in [0.25, 0.3) is 0 Å². The molecule has 1 aromatic heterocycles. The van der Waals surface area contributed by atoms with Gasteiger partial charge in [0.05, 0.1) is 11.5 Å². The molecule has 0 saturated heterocycles. The minimum atomic E-state index is -1.39. The van der Waals surface area contributed by atoms with E-state index in [1.807, 2.05) is 11.4 Å². The van der Waals surface area contributed by atoms with Crippen molar-refractivity contribution in [3.63, 3.8) is 0 Å². The first-order chi connectivity index (χ1) is 5.49. The van der Waals surface area contributed by atoms with E-state index in [1.54, 1.807) is 11.3 Å². The topological polar surface area (TPSA) is 35.2 Å². The monoisotopic (exact) mass is 201 g/mol. The van der Waals surface area contributed by atoms with Crippen LogP contribution in [0.1, 0.15) is 4.88 Å². The molecule has 0 unspecified atom stereocenters. The van der Waals surface area contributed by atoms with Gasteiger partial charge in [-0.25, -0.2) is 0 Å². The van der Waals surface area contributed by atoms with Crippen molar-refractivity contribution in [1.82, 2.24) is 0 Å².